The number of carbonyl (C=O) groups excluding carboxylic acids is 1. The van der Waals surface area contributed by atoms with Crippen molar-refractivity contribution in [1.82, 2.24) is 14.6 Å². The Hall–Kier alpha value is -4.86. The largest absolute Gasteiger partial charge is 0.496 e. The number of hydrogen-bond donors (Lipinski definition) is 2. The molecule has 5 rings (SSSR count). The van der Waals surface area contributed by atoms with Crippen molar-refractivity contribution in [3.63, 3.8) is 0 Å². The van der Waals surface area contributed by atoms with E-state index in [1.54, 1.807) is 61.5 Å². The van der Waals surface area contributed by atoms with E-state index < -0.39 is 17.2 Å². The number of esters is 1. The number of carbonyl (C=O) groups is 1. The minimum absolute atomic E-state index is 0.197. The summed E-state index contributed by atoms with van der Waals surface area (Å²) < 4.78 is 16.8. The first-order valence-electron chi connectivity index (χ1n) is 10.8. The lowest BCUT2D eigenvalue weighted by Gasteiger charge is -2.02. The predicted octanol–water partition coefficient (Wildman–Crippen LogP) is 3.50. The zero-order valence-corrected chi connectivity index (χ0v) is 18.8. The van der Waals surface area contributed by atoms with Gasteiger partial charge in [-0.2, -0.15) is 5.10 Å². The highest BCUT2D eigenvalue weighted by molar-refractivity contribution is 6.07. The fourth-order valence-corrected chi connectivity index (χ4v) is 3.81. The molecule has 5 aromatic rings. The number of aromatic nitrogens is 3. The van der Waals surface area contributed by atoms with Crippen molar-refractivity contribution in [3.8, 4) is 17.1 Å². The molecular formula is C25H20N4O6. The summed E-state index contributed by atoms with van der Waals surface area (Å²) in [7, 11) is 1.52. The quantitative estimate of drug-likeness (QED) is 0.287. The molecule has 0 atom stereocenters. The molecule has 0 fully saturated rings. The minimum atomic E-state index is -0.702. The summed E-state index contributed by atoms with van der Waals surface area (Å²) in [5.74, 6) is 0.997. The van der Waals surface area contributed by atoms with Gasteiger partial charge in [-0.1, -0.05) is 18.2 Å². The van der Waals surface area contributed by atoms with Crippen LogP contribution < -0.4 is 16.0 Å². The Labute approximate surface area is 197 Å². The summed E-state index contributed by atoms with van der Waals surface area (Å²) in [5.41, 5.74) is 1.06. The van der Waals surface area contributed by atoms with Crippen molar-refractivity contribution in [2.45, 2.75) is 6.92 Å². The van der Waals surface area contributed by atoms with E-state index in [0.29, 0.717) is 45.9 Å². The van der Waals surface area contributed by atoms with Gasteiger partial charge in [0.2, 0.25) is 0 Å². The molecule has 3 aromatic heterocycles. The number of hydrogen-bond acceptors (Lipinski definition) is 7. The molecule has 2 N–H and O–H groups in total. The van der Waals surface area contributed by atoms with Gasteiger partial charge >= 0.3 is 17.2 Å². The Morgan fingerprint density at radius 2 is 1.86 bits per heavy atom. The summed E-state index contributed by atoms with van der Waals surface area (Å²) in [4.78, 5) is 43.2. The summed E-state index contributed by atoms with van der Waals surface area (Å²) >= 11 is 0. The third-order valence-electron chi connectivity index (χ3n) is 5.44. The van der Waals surface area contributed by atoms with E-state index in [1.807, 2.05) is 0 Å². The van der Waals surface area contributed by atoms with E-state index in [1.165, 1.54) is 13.3 Å². The topological polar surface area (TPSA) is 132 Å². The van der Waals surface area contributed by atoms with Crippen LogP contribution in [0.2, 0.25) is 0 Å². The molecular weight excluding hydrogens is 452 g/mol. The monoisotopic (exact) mass is 472 g/mol. The molecule has 0 spiro atoms. The summed E-state index contributed by atoms with van der Waals surface area (Å²) in [6, 6.07) is 15.5. The number of rotatable bonds is 6. The molecule has 0 aliphatic rings. The maximum atomic E-state index is 13.0. The summed E-state index contributed by atoms with van der Waals surface area (Å²) in [5, 5.41) is 4.64. The van der Waals surface area contributed by atoms with Gasteiger partial charge in [0.1, 0.15) is 22.8 Å². The standard InChI is InChI=1S/C25H20N4O6/c1-3-34-24(31)15-9-7-14(8-10-15)18-12-11-16(35-18)13-26-29-23(30)22-21(28-25(29)32)20-17(27-22)5-4-6-19(20)33-2/h4-13,27H,3H2,1-2H3,(H,28,32)/b26-13+. The number of benzene rings is 2. The number of aromatic amines is 2. The average molecular weight is 472 g/mol. The van der Waals surface area contributed by atoms with Crippen molar-refractivity contribution in [3.05, 3.63) is 86.8 Å². The van der Waals surface area contributed by atoms with Crippen LogP contribution in [-0.2, 0) is 4.74 Å². The van der Waals surface area contributed by atoms with Crippen molar-refractivity contribution in [1.29, 1.82) is 0 Å². The van der Waals surface area contributed by atoms with Crippen LogP contribution in [-0.4, -0.2) is 40.5 Å². The van der Waals surface area contributed by atoms with Gasteiger partial charge in [0, 0.05) is 5.56 Å². The summed E-state index contributed by atoms with van der Waals surface area (Å²) in [6.45, 7) is 2.05. The van der Waals surface area contributed by atoms with Crippen LogP contribution >= 0.6 is 0 Å². The predicted molar refractivity (Wildman–Crippen MR) is 130 cm³/mol. The lowest BCUT2D eigenvalue weighted by Crippen LogP contribution is -2.32. The molecule has 0 aliphatic carbocycles. The highest BCUT2D eigenvalue weighted by Crippen LogP contribution is 2.30. The molecule has 176 valence electrons. The molecule has 0 unspecified atom stereocenters. The molecule has 0 amide bonds. The van der Waals surface area contributed by atoms with E-state index in [0.717, 1.165) is 10.2 Å². The number of nitrogens with one attached hydrogen (secondary N) is 2. The molecule has 10 heteroatoms. The third-order valence-corrected chi connectivity index (χ3v) is 5.44. The van der Waals surface area contributed by atoms with E-state index in [2.05, 4.69) is 15.1 Å². The maximum Gasteiger partial charge on any atom is 0.350 e. The van der Waals surface area contributed by atoms with Gasteiger partial charge in [0.05, 0.1) is 41.9 Å². The number of nitrogens with zero attached hydrogens (tertiary/aromatic N) is 2. The van der Waals surface area contributed by atoms with Crippen LogP contribution in [0.5, 0.6) is 5.75 Å². The van der Waals surface area contributed by atoms with Gasteiger partial charge < -0.3 is 23.9 Å². The first-order chi connectivity index (χ1) is 17.0. The third kappa shape index (κ3) is 3.90. The van der Waals surface area contributed by atoms with Crippen LogP contribution in [0.3, 0.4) is 0 Å². The Morgan fingerprint density at radius 3 is 2.60 bits per heavy atom. The Balaban J connectivity index is 1.46. The first kappa shape index (κ1) is 22.0. The lowest BCUT2D eigenvalue weighted by molar-refractivity contribution is 0.0526. The minimum Gasteiger partial charge on any atom is -0.496 e. The summed E-state index contributed by atoms with van der Waals surface area (Å²) in [6.07, 6.45) is 1.28. The number of H-pyrrole nitrogens is 2. The lowest BCUT2D eigenvalue weighted by atomic mass is 10.1. The smallest absolute Gasteiger partial charge is 0.350 e. The van der Waals surface area contributed by atoms with Gasteiger partial charge in [-0.3, -0.25) is 4.79 Å². The van der Waals surface area contributed by atoms with Crippen LogP contribution in [0, 0.1) is 0 Å². The normalized spacial score (nSPS) is 11.5. The Kier molecular flexibility index (Phi) is 5.54. The molecule has 3 heterocycles. The highest BCUT2D eigenvalue weighted by Gasteiger charge is 2.15. The fourth-order valence-electron chi connectivity index (χ4n) is 3.81. The number of furan rings is 1. The second-order valence-electron chi connectivity index (χ2n) is 7.55. The molecule has 0 aliphatic heterocycles. The molecule has 0 saturated heterocycles. The zero-order chi connectivity index (χ0) is 24.5. The molecule has 0 bridgehead atoms. The molecule has 0 radical (unpaired) electrons. The van der Waals surface area contributed by atoms with E-state index in [-0.39, 0.29) is 5.52 Å². The van der Waals surface area contributed by atoms with Gasteiger partial charge in [0.25, 0.3) is 0 Å². The van der Waals surface area contributed by atoms with Gasteiger partial charge in [0.15, 0.2) is 0 Å². The van der Waals surface area contributed by atoms with Gasteiger partial charge in [-0.25, -0.2) is 9.59 Å². The van der Waals surface area contributed by atoms with Gasteiger partial charge in [-0.05, 0) is 43.3 Å². The second-order valence-corrected chi connectivity index (χ2v) is 7.55. The van der Waals surface area contributed by atoms with Crippen molar-refractivity contribution in [2.75, 3.05) is 13.7 Å². The maximum absolute atomic E-state index is 13.0. The van der Waals surface area contributed by atoms with Crippen LogP contribution in [0.4, 0.5) is 0 Å². The van der Waals surface area contributed by atoms with Crippen molar-refractivity contribution >= 4 is 34.1 Å². The molecule has 10 nitrogen and oxygen atoms in total. The van der Waals surface area contributed by atoms with Crippen LogP contribution in [0.1, 0.15) is 23.0 Å². The average Bonchev–Trinajstić information content (AvgIpc) is 3.49. The molecule has 0 saturated carbocycles. The van der Waals surface area contributed by atoms with E-state index in [4.69, 9.17) is 13.9 Å². The molecule has 35 heavy (non-hydrogen) atoms. The number of methoxy groups -OCH3 is 1. The van der Waals surface area contributed by atoms with Crippen LogP contribution in [0.15, 0.2) is 73.7 Å². The second kappa shape index (κ2) is 8.82. The Bertz CT molecular complexity index is 1700. The SMILES string of the molecule is CCOC(=O)c1ccc(-c2ccc(/C=N/n3c(=O)[nH]c4c([nH]c5cccc(OC)c54)c3=O)o2)cc1. The fraction of sp³-hybridized carbons (Fsp3) is 0.120. The van der Waals surface area contributed by atoms with Crippen molar-refractivity contribution < 1.29 is 18.7 Å². The van der Waals surface area contributed by atoms with E-state index >= 15 is 0 Å². The number of ether oxygens (including phenoxy) is 2. The number of fused-ring (bicyclic) bond motifs is 3. The molecule has 2 aromatic carbocycles. The van der Waals surface area contributed by atoms with Crippen LogP contribution in [0.25, 0.3) is 33.3 Å². The highest BCUT2D eigenvalue weighted by atomic mass is 16.5. The van der Waals surface area contributed by atoms with E-state index in [9.17, 15) is 14.4 Å². The van der Waals surface area contributed by atoms with Crippen molar-refractivity contribution in [2.24, 2.45) is 5.10 Å². The van der Waals surface area contributed by atoms with Gasteiger partial charge in [-0.15, -0.1) is 4.68 Å². The zero-order valence-electron chi connectivity index (χ0n) is 18.8. The Morgan fingerprint density at radius 1 is 1.06 bits per heavy atom. The first-order valence-corrected chi connectivity index (χ1v) is 10.8.